The summed E-state index contributed by atoms with van der Waals surface area (Å²) in [7, 11) is -3.60. The molecule has 130 valence electrons. The molecule has 0 aliphatic heterocycles. The van der Waals surface area contributed by atoms with Crippen LogP contribution in [0.2, 0.25) is 5.02 Å². The van der Waals surface area contributed by atoms with Gasteiger partial charge in [-0.2, -0.15) is 0 Å². The second-order valence-corrected chi connectivity index (χ2v) is 7.70. The van der Waals surface area contributed by atoms with Crippen molar-refractivity contribution in [1.82, 2.24) is 9.71 Å². The van der Waals surface area contributed by atoms with Crippen molar-refractivity contribution in [1.29, 1.82) is 0 Å². The number of aromatic nitrogens is 1. The normalized spacial score (nSPS) is 11.6. The van der Waals surface area contributed by atoms with E-state index in [9.17, 15) is 8.42 Å². The molecule has 1 heterocycles. The van der Waals surface area contributed by atoms with E-state index in [4.69, 9.17) is 16.0 Å². The number of halogens is 1. The van der Waals surface area contributed by atoms with Crippen LogP contribution in [0.3, 0.4) is 0 Å². The molecule has 0 atom stereocenters. The third-order valence-corrected chi connectivity index (χ3v) is 5.37. The number of sulfonamides is 1. The van der Waals surface area contributed by atoms with Gasteiger partial charge in [-0.15, -0.1) is 0 Å². The van der Waals surface area contributed by atoms with Gasteiger partial charge in [0.1, 0.15) is 5.76 Å². The van der Waals surface area contributed by atoms with E-state index in [1.165, 1.54) is 12.1 Å². The lowest BCUT2D eigenvalue weighted by molar-refractivity contribution is 0.538. The minimum atomic E-state index is -3.60. The summed E-state index contributed by atoms with van der Waals surface area (Å²) < 4.78 is 32.8. The summed E-state index contributed by atoms with van der Waals surface area (Å²) >= 11 is 5.85. The van der Waals surface area contributed by atoms with Crippen LogP contribution < -0.4 is 4.72 Å². The molecule has 0 amide bonds. The van der Waals surface area contributed by atoms with Gasteiger partial charge in [0.05, 0.1) is 10.6 Å². The van der Waals surface area contributed by atoms with E-state index in [0.29, 0.717) is 23.1 Å². The fraction of sp³-hybridized carbons (Fsp3) is 0.167. The van der Waals surface area contributed by atoms with Crippen LogP contribution >= 0.6 is 11.6 Å². The number of hydrogen-bond acceptors (Lipinski definition) is 4. The first-order chi connectivity index (χ1) is 12.0. The van der Waals surface area contributed by atoms with Gasteiger partial charge in [0.2, 0.25) is 15.9 Å². The number of nitrogens with zero attached hydrogens (tertiary/aromatic N) is 1. The SMILES string of the molecule is Cc1oc(-c2ccccc2)nc1CCNS(=O)(=O)c1cccc(Cl)c1. The predicted molar refractivity (Wildman–Crippen MR) is 97.0 cm³/mol. The number of oxazole rings is 1. The van der Waals surface area contributed by atoms with Crippen LogP contribution in [-0.4, -0.2) is 19.9 Å². The third kappa shape index (κ3) is 4.28. The first kappa shape index (κ1) is 17.7. The molecule has 0 spiro atoms. The molecule has 5 nitrogen and oxygen atoms in total. The highest BCUT2D eigenvalue weighted by Gasteiger charge is 2.15. The van der Waals surface area contributed by atoms with Gasteiger partial charge in [-0.3, -0.25) is 0 Å². The van der Waals surface area contributed by atoms with Crippen molar-refractivity contribution < 1.29 is 12.8 Å². The van der Waals surface area contributed by atoms with E-state index in [2.05, 4.69) is 9.71 Å². The highest BCUT2D eigenvalue weighted by molar-refractivity contribution is 7.89. The van der Waals surface area contributed by atoms with Crippen molar-refractivity contribution in [2.24, 2.45) is 0 Å². The first-order valence-electron chi connectivity index (χ1n) is 7.73. The van der Waals surface area contributed by atoms with Crippen LogP contribution in [0.4, 0.5) is 0 Å². The highest BCUT2D eigenvalue weighted by Crippen LogP contribution is 2.21. The Morgan fingerprint density at radius 3 is 2.60 bits per heavy atom. The van der Waals surface area contributed by atoms with Gasteiger partial charge in [-0.05, 0) is 37.3 Å². The van der Waals surface area contributed by atoms with E-state index >= 15 is 0 Å². The standard InChI is InChI=1S/C18H17ClN2O3S/c1-13-17(21-18(24-13)14-6-3-2-4-7-14)10-11-20-25(22,23)16-9-5-8-15(19)12-16/h2-9,12,20H,10-11H2,1H3. The zero-order valence-electron chi connectivity index (χ0n) is 13.6. The number of benzene rings is 2. The Hall–Kier alpha value is -2.15. The fourth-order valence-corrected chi connectivity index (χ4v) is 3.72. The van der Waals surface area contributed by atoms with Gasteiger partial charge in [0, 0.05) is 23.6 Å². The second kappa shape index (κ2) is 7.39. The van der Waals surface area contributed by atoms with Gasteiger partial charge >= 0.3 is 0 Å². The van der Waals surface area contributed by atoms with Crippen molar-refractivity contribution in [2.75, 3.05) is 6.54 Å². The molecule has 25 heavy (non-hydrogen) atoms. The average Bonchev–Trinajstić information content (AvgIpc) is 2.97. The molecule has 0 saturated heterocycles. The largest absolute Gasteiger partial charge is 0.441 e. The molecule has 1 N–H and O–H groups in total. The van der Waals surface area contributed by atoms with Crippen molar-refractivity contribution in [3.05, 3.63) is 71.1 Å². The summed E-state index contributed by atoms with van der Waals surface area (Å²) in [6, 6.07) is 15.7. The first-order valence-corrected chi connectivity index (χ1v) is 9.59. The van der Waals surface area contributed by atoms with Crippen LogP contribution in [0.5, 0.6) is 0 Å². The van der Waals surface area contributed by atoms with Crippen LogP contribution in [0.15, 0.2) is 63.9 Å². The Balaban J connectivity index is 1.67. The van der Waals surface area contributed by atoms with Crippen molar-refractivity contribution in [3.63, 3.8) is 0 Å². The topological polar surface area (TPSA) is 72.2 Å². The molecule has 0 radical (unpaired) electrons. The van der Waals surface area contributed by atoms with Crippen molar-refractivity contribution >= 4 is 21.6 Å². The summed E-state index contributed by atoms with van der Waals surface area (Å²) in [5, 5.41) is 0.378. The average molecular weight is 377 g/mol. The van der Waals surface area contributed by atoms with Crippen molar-refractivity contribution in [2.45, 2.75) is 18.2 Å². The molecule has 0 fully saturated rings. The van der Waals surface area contributed by atoms with Crippen LogP contribution in [-0.2, 0) is 16.4 Å². The van der Waals surface area contributed by atoms with E-state index in [1.807, 2.05) is 37.3 Å². The van der Waals surface area contributed by atoms with Gasteiger partial charge in [-0.25, -0.2) is 18.1 Å². The molecule has 0 aliphatic rings. The molecule has 0 bridgehead atoms. The van der Waals surface area contributed by atoms with Crippen molar-refractivity contribution in [3.8, 4) is 11.5 Å². The molecule has 3 aromatic rings. The quantitative estimate of drug-likeness (QED) is 0.709. The van der Waals surface area contributed by atoms with Gasteiger partial charge in [-0.1, -0.05) is 35.9 Å². The molecule has 0 saturated carbocycles. The highest BCUT2D eigenvalue weighted by atomic mass is 35.5. The summed E-state index contributed by atoms with van der Waals surface area (Å²) in [6.07, 6.45) is 0.433. The molecular formula is C18H17ClN2O3S. The van der Waals surface area contributed by atoms with Gasteiger partial charge < -0.3 is 4.42 Å². The number of aryl methyl sites for hydroxylation is 1. The molecular weight excluding hydrogens is 360 g/mol. The maximum atomic E-state index is 12.3. The monoisotopic (exact) mass is 376 g/mol. The lowest BCUT2D eigenvalue weighted by Crippen LogP contribution is -2.26. The van der Waals surface area contributed by atoms with E-state index in [1.54, 1.807) is 12.1 Å². The molecule has 7 heteroatoms. The lowest BCUT2D eigenvalue weighted by atomic mass is 10.2. The maximum Gasteiger partial charge on any atom is 0.240 e. The van der Waals surface area contributed by atoms with E-state index < -0.39 is 10.0 Å². The summed E-state index contributed by atoms with van der Waals surface area (Å²) in [5.41, 5.74) is 1.61. The fourth-order valence-electron chi connectivity index (χ4n) is 2.39. The van der Waals surface area contributed by atoms with E-state index in [-0.39, 0.29) is 11.4 Å². The Labute approximate surface area is 151 Å². The summed E-state index contributed by atoms with van der Waals surface area (Å²) in [4.78, 5) is 4.60. The van der Waals surface area contributed by atoms with Crippen LogP contribution in [0.1, 0.15) is 11.5 Å². The Bertz CT molecular complexity index is 969. The second-order valence-electron chi connectivity index (χ2n) is 5.49. The van der Waals surface area contributed by atoms with Gasteiger partial charge in [0.25, 0.3) is 0 Å². The molecule has 1 aromatic heterocycles. The summed E-state index contributed by atoms with van der Waals surface area (Å²) in [5.74, 6) is 1.21. The minimum Gasteiger partial charge on any atom is -0.441 e. The Morgan fingerprint density at radius 1 is 1.12 bits per heavy atom. The molecule has 0 unspecified atom stereocenters. The molecule has 0 aliphatic carbocycles. The summed E-state index contributed by atoms with van der Waals surface area (Å²) in [6.45, 7) is 2.04. The lowest BCUT2D eigenvalue weighted by Gasteiger charge is -2.06. The third-order valence-electron chi connectivity index (χ3n) is 3.67. The number of nitrogens with one attached hydrogen (secondary N) is 1. The molecule has 3 rings (SSSR count). The zero-order valence-corrected chi connectivity index (χ0v) is 15.1. The van der Waals surface area contributed by atoms with Crippen LogP contribution in [0, 0.1) is 6.92 Å². The van der Waals surface area contributed by atoms with Gasteiger partial charge in [0.15, 0.2) is 0 Å². The number of rotatable bonds is 6. The predicted octanol–water partition coefficient (Wildman–Crippen LogP) is 3.82. The smallest absolute Gasteiger partial charge is 0.240 e. The van der Waals surface area contributed by atoms with E-state index in [0.717, 1.165) is 11.3 Å². The maximum absolute atomic E-state index is 12.3. The molecule has 2 aromatic carbocycles. The van der Waals surface area contributed by atoms with Crippen LogP contribution in [0.25, 0.3) is 11.5 Å². The minimum absolute atomic E-state index is 0.141. The Morgan fingerprint density at radius 2 is 1.88 bits per heavy atom. The number of hydrogen-bond donors (Lipinski definition) is 1. The Kier molecular flexibility index (Phi) is 5.22. The zero-order chi connectivity index (χ0) is 17.9.